The van der Waals surface area contributed by atoms with Gasteiger partial charge in [-0.15, -0.1) is 0 Å². The number of carbonyl (C=O) groups is 2. The van der Waals surface area contributed by atoms with Gasteiger partial charge in [0.15, 0.2) is 0 Å². The van der Waals surface area contributed by atoms with Crippen LogP contribution in [0.15, 0.2) is 22.7 Å². The van der Waals surface area contributed by atoms with E-state index >= 15 is 0 Å². The molecule has 1 heterocycles. The molecule has 90 valence electrons. The number of amides is 2. The number of aryl methyl sites for hydroxylation is 1. The highest BCUT2D eigenvalue weighted by Crippen LogP contribution is 2.28. The second-order valence-electron chi connectivity index (χ2n) is 4.24. The predicted octanol–water partition coefficient (Wildman–Crippen LogP) is 1.60. The van der Waals surface area contributed by atoms with E-state index in [-0.39, 0.29) is 18.2 Å². The van der Waals surface area contributed by atoms with Crippen LogP contribution in [0.3, 0.4) is 0 Å². The molecule has 0 radical (unpaired) electrons. The van der Waals surface area contributed by atoms with Crippen LogP contribution in [-0.4, -0.2) is 18.4 Å². The fraction of sp³-hybridized carbons (Fsp3) is 0.333. The maximum atomic E-state index is 11.8. The number of benzene rings is 1. The summed E-state index contributed by atoms with van der Waals surface area (Å²) in [6, 6.07) is 5.70. The van der Waals surface area contributed by atoms with Crippen LogP contribution >= 0.6 is 15.9 Å². The Bertz CT molecular complexity index is 487. The minimum Gasteiger partial charge on any atom is -0.369 e. The van der Waals surface area contributed by atoms with Gasteiger partial charge in [0.2, 0.25) is 11.8 Å². The summed E-state index contributed by atoms with van der Waals surface area (Å²) < 4.78 is 0.949. The van der Waals surface area contributed by atoms with E-state index in [1.54, 1.807) is 4.90 Å². The Kier molecular flexibility index (Phi) is 3.19. The van der Waals surface area contributed by atoms with Crippen molar-refractivity contribution >= 4 is 33.4 Å². The molecule has 0 aliphatic carbocycles. The van der Waals surface area contributed by atoms with E-state index in [1.807, 2.05) is 25.1 Å². The van der Waals surface area contributed by atoms with E-state index in [0.29, 0.717) is 6.54 Å². The first-order valence-corrected chi connectivity index (χ1v) is 6.14. The highest BCUT2D eigenvalue weighted by molar-refractivity contribution is 9.10. The third-order valence-electron chi connectivity index (χ3n) is 2.99. The number of nitrogens with zero attached hydrogens (tertiary/aromatic N) is 1. The smallest absolute Gasteiger partial charge is 0.227 e. The fourth-order valence-electron chi connectivity index (χ4n) is 1.90. The highest BCUT2D eigenvalue weighted by Gasteiger charge is 2.33. The van der Waals surface area contributed by atoms with Gasteiger partial charge >= 0.3 is 0 Å². The van der Waals surface area contributed by atoms with Crippen LogP contribution in [0.1, 0.15) is 12.0 Å². The monoisotopic (exact) mass is 296 g/mol. The van der Waals surface area contributed by atoms with Crippen LogP contribution in [0, 0.1) is 12.8 Å². The van der Waals surface area contributed by atoms with E-state index in [9.17, 15) is 9.59 Å². The molecule has 1 atom stereocenters. The minimum absolute atomic E-state index is 0.0513. The van der Waals surface area contributed by atoms with Gasteiger partial charge in [0.05, 0.1) is 5.92 Å². The molecule has 1 saturated heterocycles. The average molecular weight is 297 g/mol. The Labute approximate surface area is 108 Å². The quantitative estimate of drug-likeness (QED) is 0.901. The molecule has 1 aliphatic heterocycles. The first-order chi connectivity index (χ1) is 7.99. The SMILES string of the molecule is Cc1ccc(N2CC(C(N)=O)CC2=O)cc1Br. The van der Waals surface area contributed by atoms with E-state index in [4.69, 9.17) is 5.73 Å². The van der Waals surface area contributed by atoms with Gasteiger partial charge in [0.25, 0.3) is 0 Å². The Morgan fingerprint density at radius 3 is 2.76 bits per heavy atom. The summed E-state index contributed by atoms with van der Waals surface area (Å²) in [5.74, 6) is -0.834. The summed E-state index contributed by atoms with van der Waals surface area (Å²) in [5.41, 5.74) is 7.13. The van der Waals surface area contributed by atoms with Crippen LogP contribution in [-0.2, 0) is 9.59 Å². The van der Waals surface area contributed by atoms with Crippen LogP contribution in [0.5, 0.6) is 0 Å². The van der Waals surface area contributed by atoms with Gasteiger partial charge in [-0.1, -0.05) is 22.0 Å². The van der Waals surface area contributed by atoms with Gasteiger partial charge in [-0.3, -0.25) is 9.59 Å². The number of primary amides is 1. The van der Waals surface area contributed by atoms with E-state index < -0.39 is 5.91 Å². The lowest BCUT2D eigenvalue weighted by Gasteiger charge is -2.17. The van der Waals surface area contributed by atoms with E-state index in [2.05, 4.69) is 15.9 Å². The van der Waals surface area contributed by atoms with Gasteiger partial charge in [0, 0.05) is 23.1 Å². The molecule has 1 aromatic carbocycles. The summed E-state index contributed by atoms with van der Waals surface area (Å²) in [4.78, 5) is 24.5. The lowest BCUT2D eigenvalue weighted by Crippen LogP contribution is -2.28. The summed E-state index contributed by atoms with van der Waals surface area (Å²) >= 11 is 3.43. The first-order valence-electron chi connectivity index (χ1n) is 5.35. The van der Waals surface area contributed by atoms with Crippen molar-refractivity contribution in [2.45, 2.75) is 13.3 Å². The molecule has 1 fully saturated rings. The molecule has 0 bridgehead atoms. The van der Waals surface area contributed by atoms with Crippen molar-refractivity contribution in [2.75, 3.05) is 11.4 Å². The van der Waals surface area contributed by atoms with Crippen molar-refractivity contribution in [1.29, 1.82) is 0 Å². The minimum atomic E-state index is -0.410. The van der Waals surface area contributed by atoms with Crippen LogP contribution in [0.25, 0.3) is 0 Å². The van der Waals surface area contributed by atoms with Crippen LogP contribution in [0.4, 0.5) is 5.69 Å². The van der Waals surface area contributed by atoms with Crippen LogP contribution < -0.4 is 10.6 Å². The number of halogens is 1. The van der Waals surface area contributed by atoms with Crippen molar-refractivity contribution in [2.24, 2.45) is 11.7 Å². The topological polar surface area (TPSA) is 63.4 Å². The number of carbonyl (C=O) groups excluding carboxylic acids is 2. The molecule has 0 saturated carbocycles. The molecule has 1 aromatic rings. The Morgan fingerprint density at radius 1 is 1.53 bits per heavy atom. The normalized spacial score (nSPS) is 19.8. The van der Waals surface area contributed by atoms with Gasteiger partial charge in [0.1, 0.15) is 0 Å². The van der Waals surface area contributed by atoms with Gasteiger partial charge < -0.3 is 10.6 Å². The number of hydrogen-bond donors (Lipinski definition) is 1. The molecule has 0 aromatic heterocycles. The molecule has 1 aliphatic rings. The second-order valence-corrected chi connectivity index (χ2v) is 5.10. The number of nitrogens with two attached hydrogens (primary N) is 1. The van der Waals surface area contributed by atoms with Crippen molar-refractivity contribution in [3.63, 3.8) is 0 Å². The maximum absolute atomic E-state index is 11.8. The molecule has 2 rings (SSSR count). The molecular weight excluding hydrogens is 284 g/mol. The zero-order valence-corrected chi connectivity index (χ0v) is 11.0. The second kappa shape index (κ2) is 4.49. The van der Waals surface area contributed by atoms with Gasteiger partial charge in [-0.2, -0.15) is 0 Å². The number of anilines is 1. The third-order valence-corrected chi connectivity index (χ3v) is 3.85. The first kappa shape index (κ1) is 12.1. The Hall–Kier alpha value is -1.36. The lowest BCUT2D eigenvalue weighted by atomic mass is 10.1. The molecule has 1 unspecified atom stereocenters. The molecule has 5 heteroatoms. The Balaban J connectivity index is 2.26. The van der Waals surface area contributed by atoms with Crippen molar-refractivity contribution in [3.8, 4) is 0 Å². The molecule has 0 spiro atoms. The zero-order chi connectivity index (χ0) is 12.6. The number of hydrogen-bond acceptors (Lipinski definition) is 2. The molecule has 2 N–H and O–H groups in total. The fourth-order valence-corrected chi connectivity index (χ4v) is 2.26. The third kappa shape index (κ3) is 2.34. The summed E-state index contributed by atoms with van der Waals surface area (Å²) in [7, 11) is 0. The highest BCUT2D eigenvalue weighted by atomic mass is 79.9. The maximum Gasteiger partial charge on any atom is 0.227 e. The van der Waals surface area contributed by atoms with Crippen LogP contribution in [0.2, 0.25) is 0 Å². The van der Waals surface area contributed by atoms with E-state index in [0.717, 1.165) is 15.7 Å². The van der Waals surface area contributed by atoms with Crippen molar-refractivity contribution in [1.82, 2.24) is 0 Å². The lowest BCUT2D eigenvalue weighted by molar-refractivity contribution is -0.123. The standard InChI is InChI=1S/C12H13BrN2O2/c1-7-2-3-9(5-10(7)13)15-6-8(12(14)17)4-11(15)16/h2-3,5,8H,4,6H2,1H3,(H2,14,17). The number of rotatable bonds is 2. The predicted molar refractivity (Wildman–Crippen MR) is 68.5 cm³/mol. The molecule has 17 heavy (non-hydrogen) atoms. The largest absolute Gasteiger partial charge is 0.369 e. The van der Waals surface area contributed by atoms with Gasteiger partial charge in [-0.05, 0) is 24.6 Å². The van der Waals surface area contributed by atoms with Crippen molar-refractivity contribution < 1.29 is 9.59 Å². The van der Waals surface area contributed by atoms with Gasteiger partial charge in [-0.25, -0.2) is 0 Å². The van der Waals surface area contributed by atoms with Crippen molar-refractivity contribution in [3.05, 3.63) is 28.2 Å². The summed E-state index contributed by atoms with van der Waals surface area (Å²) in [6.45, 7) is 2.36. The van der Waals surface area contributed by atoms with E-state index in [1.165, 1.54) is 0 Å². The molecule has 4 nitrogen and oxygen atoms in total. The summed E-state index contributed by atoms with van der Waals surface area (Å²) in [5, 5.41) is 0. The zero-order valence-electron chi connectivity index (χ0n) is 9.44. The summed E-state index contributed by atoms with van der Waals surface area (Å²) in [6.07, 6.45) is 0.209. The molecule has 2 amide bonds. The average Bonchev–Trinajstić information content (AvgIpc) is 2.65. The molecular formula is C12H13BrN2O2. The Morgan fingerprint density at radius 2 is 2.24 bits per heavy atom.